The number of nitrogens with one attached hydrogen (secondary N) is 1. The molecule has 4 unspecified atom stereocenters. The number of fused-ring (bicyclic) bond motifs is 3. The first kappa shape index (κ1) is 13.0. The minimum Gasteiger partial charge on any atom is -0.497 e. The molecule has 2 aliphatic carbocycles. The van der Waals surface area contributed by atoms with E-state index in [0.717, 1.165) is 18.2 Å². The van der Waals surface area contributed by atoms with Crippen LogP contribution in [-0.4, -0.2) is 19.7 Å². The third-order valence-corrected chi connectivity index (χ3v) is 5.61. The highest BCUT2D eigenvalue weighted by molar-refractivity contribution is 5.47. The Bertz CT molecular complexity index is 484. The predicted octanol–water partition coefficient (Wildman–Crippen LogP) is 3.36. The van der Waals surface area contributed by atoms with Gasteiger partial charge < -0.3 is 10.1 Å². The molecule has 1 fully saturated rings. The van der Waals surface area contributed by atoms with Crippen LogP contribution in [0.5, 0.6) is 5.75 Å². The lowest BCUT2D eigenvalue weighted by atomic mass is 9.50. The molecular formula is C17H25NO. The molecule has 0 bridgehead atoms. The van der Waals surface area contributed by atoms with Crippen LogP contribution in [0.25, 0.3) is 0 Å². The molecule has 4 atom stereocenters. The van der Waals surface area contributed by atoms with E-state index in [1.165, 1.54) is 18.4 Å². The van der Waals surface area contributed by atoms with Gasteiger partial charge in [-0.1, -0.05) is 26.8 Å². The van der Waals surface area contributed by atoms with Crippen LogP contribution in [0.2, 0.25) is 0 Å². The van der Waals surface area contributed by atoms with Gasteiger partial charge >= 0.3 is 0 Å². The summed E-state index contributed by atoms with van der Waals surface area (Å²) in [5.41, 5.74) is 3.48. The zero-order valence-electron chi connectivity index (χ0n) is 12.5. The highest BCUT2D eigenvalue weighted by Crippen LogP contribution is 2.63. The Labute approximate surface area is 116 Å². The molecule has 0 saturated heterocycles. The van der Waals surface area contributed by atoms with Crippen molar-refractivity contribution in [3.05, 3.63) is 29.3 Å². The molecule has 19 heavy (non-hydrogen) atoms. The van der Waals surface area contributed by atoms with Crippen LogP contribution in [0.4, 0.5) is 0 Å². The second kappa shape index (κ2) is 4.52. The highest BCUT2D eigenvalue weighted by atomic mass is 16.5. The fourth-order valence-electron chi connectivity index (χ4n) is 4.54. The van der Waals surface area contributed by atoms with E-state index < -0.39 is 0 Å². The zero-order chi connectivity index (χ0) is 13.6. The van der Waals surface area contributed by atoms with Crippen LogP contribution in [0.1, 0.15) is 44.2 Å². The van der Waals surface area contributed by atoms with Gasteiger partial charge in [0, 0.05) is 6.04 Å². The normalized spacial score (nSPS) is 35.5. The molecule has 3 rings (SSSR count). The van der Waals surface area contributed by atoms with Crippen LogP contribution >= 0.6 is 0 Å². The van der Waals surface area contributed by atoms with Crippen molar-refractivity contribution in [2.45, 2.75) is 45.6 Å². The van der Waals surface area contributed by atoms with Gasteiger partial charge in [-0.05, 0) is 59.9 Å². The van der Waals surface area contributed by atoms with Crippen molar-refractivity contribution < 1.29 is 4.74 Å². The van der Waals surface area contributed by atoms with Crippen molar-refractivity contribution in [1.29, 1.82) is 0 Å². The summed E-state index contributed by atoms with van der Waals surface area (Å²) in [6.07, 6.45) is 2.47. The fourth-order valence-corrected chi connectivity index (χ4v) is 4.54. The number of hydrogen-bond donors (Lipinski definition) is 1. The maximum atomic E-state index is 5.41. The quantitative estimate of drug-likeness (QED) is 0.895. The number of ether oxygens (including phenoxy) is 1. The van der Waals surface area contributed by atoms with Crippen LogP contribution in [0.3, 0.4) is 0 Å². The van der Waals surface area contributed by atoms with Gasteiger partial charge in [0.05, 0.1) is 7.11 Å². The van der Waals surface area contributed by atoms with Crippen molar-refractivity contribution in [1.82, 2.24) is 5.32 Å². The second-order valence-electron chi connectivity index (χ2n) is 6.31. The number of rotatable bonds is 4. The molecule has 0 aromatic heterocycles. The maximum absolute atomic E-state index is 5.41. The summed E-state index contributed by atoms with van der Waals surface area (Å²) in [5.74, 6) is 2.50. The van der Waals surface area contributed by atoms with E-state index in [2.05, 4.69) is 44.3 Å². The highest BCUT2D eigenvalue weighted by Gasteiger charge is 2.60. The van der Waals surface area contributed by atoms with Gasteiger partial charge in [0.2, 0.25) is 0 Å². The smallest absolute Gasteiger partial charge is 0.119 e. The lowest BCUT2D eigenvalue weighted by molar-refractivity contribution is -0.0172. The molecule has 0 amide bonds. The van der Waals surface area contributed by atoms with E-state index in [-0.39, 0.29) is 0 Å². The molecule has 1 aromatic carbocycles. The summed E-state index contributed by atoms with van der Waals surface area (Å²) >= 11 is 0. The summed E-state index contributed by atoms with van der Waals surface area (Å²) in [6, 6.07) is 7.32. The first-order valence-corrected chi connectivity index (χ1v) is 7.55. The largest absolute Gasteiger partial charge is 0.497 e. The molecule has 2 heteroatoms. The third kappa shape index (κ3) is 1.66. The topological polar surface area (TPSA) is 21.3 Å². The minimum absolute atomic E-state index is 0.401. The Balaban J connectivity index is 1.97. The Hall–Kier alpha value is -1.02. The molecular weight excluding hydrogens is 234 g/mol. The fraction of sp³-hybridized carbons (Fsp3) is 0.647. The van der Waals surface area contributed by atoms with Crippen molar-refractivity contribution in [2.75, 3.05) is 13.7 Å². The zero-order valence-corrected chi connectivity index (χ0v) is 12.5. The third-order valence-electron chi connectivity index (χ3n) is 5.61. The molecule has 0 aliphatic heterocycles. The lowest BCUT2D eigenvalue weighted by Gasteiger charge is -2.58. The number of benzene rings is 1. The van der Waals surface area contributed by atoms with Crippen LogP contribution in [0, 0.1) is 11.3 Å². The lowest BCUT2D eigenvalue weighted by Crippen LogP contribution is -2.62. The van der Waals surface area contributed by atoms with Gasteiger partial charge in [-0.2, -0.15) is 0 Å². The van der Waals surface area contributed by atoms with E-state index in [9.17, 15) is 0 Å². The average Bonchev–Trinajstić information content (AvgIpc) is 2.79. The Morgan fingerprint density at radius 3 is 2.79 bits per heavy atom. The van der Waals surface area contributed by atoms with Gasteiger partial charge in [-0.25, -0.2) is 0 Å². The van der Waals surface area contributed by atoms with E-state index in [1.807, 2.05) is 0 Å². The van der Waals surface area contributed by atoms with E-state index in [4.69, 9.17) is 4.74 Å². The average molecular weight is 259 g/mol. The molecule has 1 saturated carbocycles. The van der Waals surface area contributed by atoms with Crippen molar-refractivity contribution in [3.8, 4) is 5.75 Å². The van der Waals surface area contributed by atoms with Crippen molar-refractivity contribution in [3.63, 3.8) is 0 Å². The first-order valence-electron chi connectivity index (χ1n) is 7.55. The Morgan fingerprint density at radius 2 is 2.16 bits per heavy atom. The summed E-state index contributed by atoms with van der Waals surface area (Å²) in [6.45, 7) is 8.08. The summed E-state index contributed by atoms with van der Waals surface area (Å²) in [5, 5.41) is 3.73. The van der Waals surface area contributed by atoms with E-state index in [0.29, 0.717) is 17.4 Å². The van der Waals surface area contributed by atoms with Gasteiger partial charge in [-0.3, -0.25) is 0 Å². The molecule has 0 radical (unpaired) electrons. The SMILES string of the molecule is CCNC1C2Cc3ccc(OC)cc3C2C1(C)CC. The summed E-state index contributed by atoms with van der Waals surface area (Å²) < 4.78 is 5.41. The molecule has 2 nitrogen and oxygen atoms in total. The minimum atomic E-state index is 0.401. The molecule has 0 heterocycles. The predicted molar refractivity (Wildman–Crippen MR) is 78.8 cm³/mol. The number of hydrogen-bond acceptors (Lipinski definition) is 2. The Morgan fingerprint density at radius 1 is 1.37 bits per heavy atom. The number of methoxy groups -OCH3 is 1. The molecule has 104 valence electrons. The van der Waals surface area contributed by atoms with Gasteiger partial charge in [-0.15, -0.1) is 0 Å². The summed E-state index contributed by atoms with van der Waals surface area (Å²) in [4.78, 5) is 0. The van der Waals surface area contributed by atoms with E-state index in [1.54, 1.807) is 12.7 Å². The van der Waals surface area contributed by atoms with E-state index >= 15 is 0 Å². The van der Waals surface area contributed by atoms with Crippen molar-refractivity contribution in [2.24, 2.45) is 11.3 Å². The standard InChI is InChI=1S/C17H25NO/c1-5-17(3)15-13-10-12(19-4)8-7-11(13)9-14(15)16(17)18-6-2/h7-8,10,14-16,18H,5-6,9H2,1-4H3. The summed E-state index contributed by atoms with van der Waals surface area (Å²) in [7, 11) is 1.76. The van der Waals surface area contributed by atoms with Crippen LogP contribution < -0.4 is 10.1 Å². The van der Waals surface area contributed by atoms with Crippen LogP contribution in [0.15, 0.2) is 18.2 Å². The Kier molecular flexibility index (Phi) is 3.09. The first-order chi connectivity index (χ1) is 9.15. The van der Waals surface area contributed by atoms with Crippen LogP contribution in [-0.2, 0) is 6.42 Å². The molecule has 1 N–H and O–H groups in total. The van der Waals surface area contributed by atoms with Crippen molar-refractivity contribution >= 4 is 0 Å². The molecule has 2 aliphatic rings. The maximum Gasteiger partial charge on any atom is 0.119 e. The second-order valence-corrected chi connectivity index (χ2v) is 6.31. The molecule has 1 aromatic rings. The van der Waals surface area contributed by atoms with Gasteiger partial charge in [0.15, 0.2) is 0 Å². The van der Waals surface area contributed by atoms with Gasteiger partial charge in [0.1, 0.15) is 5.75 Å². The monoisotopic (exact) mass is 259 g/mol. The van der Waals surface area contributed by atoms with Gasteiger partial charge in [0.25, 0.3) is 0 Å². The molecule has 0 spiro atoms.